The van der Waals surface area contributed by atoms with Crippen molar-refractivity contribution in [2.24, 2.45) is 7.05 Å². The number of carbonyl (C=O) groups is 1. The summed E-state index contributed by atoms with van der Waals surface area (Å²) in [6, 6.07) is 23.5. The van der Waals surface area contributed by atoms with Crippen LogP contribution < -0.4 is 26.4 Å². The van der Waals surface area contributed by atoms with Crippen LogP contribution in [-0.4, -0.2) is 51.9 Å². The van der Waals surface area contributed by atoms with Crippen molar-refractivity contribution in [1.82, 2.24) is 19.9 Å². The number of aromatic nitrogens is 3. The first-order valence-corrected chi connectivity index (χ1v) is 15.2. The van der Waals surface area contributed by atoms with Gasteiger partial charge in [-0.2, -0.15) is 10.2 Å². The minimum Gasteiger partial charge on any atom is -0.377 e. The molecule has 230 valence electrons. The molecule has 4 aromatic rings. The molecular formula is C34H36N8O3. The molecule has 3 heterocycles. The predicted octanol–water partition coefficient (Wildman–Crippen LogP) is 4.66. The van der Waals surface area contributed by atoms with Gasteiger partial charge in [0.2, 0.25) is 5.95 Å². The van der Waals surface area contributed by atoms with Gasteiger partial charge in [-0.3, -0.25) is 9.69 Å². The first kappa shape index (κ1) is 29.8. The van der Waals surface area contributed by atoms with E-state index in [1.54, 1.807) is 25.5 Å². The van der Waals surface area contributed by atoms with Crippen molar-refractivity contribution in [3.8, 4) is 17.2 Å². The van der Waals surface area contributed by atoms with Crippen LogP contribution in [0.5, 0.6) is 0 Å². The molecule has 0 radical (unpaired) electrons. The van der Waals surface area contributed by atoms with E-state index in [0.717, 1.165) is 48.1 Å². The first-order chi connectivity index (χ1) is 22.0. The number of rotatable bonds is 9. The summed E-state index contributed by atoms with van der Waals surface area (Å²) >= 11 is 0. The van der Waals surface area contributed by atoms with Crippen LogP contribution in [0.2, 0.25) is 0 Å². The summed E-state index contributed by atoms with van der Waals surface area (Å²) in [7, 11) is 1.73. The van der Waals surface area contributed by atoms with Gasteiger partial charge < -0.3 is 25.3 Å². The van der Waals surface area contributed by atoms with Gasteiger partial charge in [-0.15, -0.1) is 0 Å². The normalized spacial score (nSPS) is 17.9. The largest absolute Gasteiger partial charge is 0.377 e. The molecule has 2 aromatic heterocycles. The van der Waals surface area contributed by atoms with E-state index in [4.69, 9.17) is 4.74 Å². The highest BCUT2D eigenvalue weighted by Gasteiger charge is 2.31. The van der Waals surface area contributed by atoms with Crippen molar-refractivity contribution in [2.75, 3.05) is 28.7 Å². The summed E-state index contributed by atoms with van der Waals surface area (Å²) in [6.07, 6.45) is 6.51. The van der Waals surface area contributed by atoms with E-state index in [0.29, 0.717) is 37.1 Å². The number of nitrogens with one attached hydrogen (secondary N) is 3. The van der Waals surface area contributed by atoms with Crippen molar-refractivity contribution in [3.05, 3.63) is 101 Å². The van der Waals surface area contributed by atoms with E-state index in [9.17, 15) is 14.9 Å². The summed E-state index contributed by atoms with van der Waals surface area (Å²) in [5.74, 6) is 0.988. The highest BCUT2D eigenvalue weighted by molar-refractivity contribution is 5.93. The number of amides is 2. The molecular weight excluding hydrogens is 568 g/mol. The molecule has 2 aromatic carbocycles. The molecule has 2 amide bonds. The zero-order chi connectivity index (χ0) is 31.2. The fraction of sp³-hybridized carbons (Fsp3) is 0.324. The summed E-state index contributed by atoms with van der Waals surface area (Å²) in [5, 5.41) is 19.3. The van der Waals surface area contributed by atoms with E-state index < -0.39 is 0 Å². The molecule has 3 N–H and O–H groups in total. The topological polar surface area (TPSA) is 137 Å². The van der Waals surface area contributed by atoms with Gasteiger partial charge in [0.1, 0.15) is 17.5 Å². The smallest absolute Gasteiger partial charge is 0.322 e. The van der Waals surface area contributed by atoms with Crippen molar-refractivity contribution in [1.29, 1.82) is 5.26 Å². The summed E-state index contributed by atoms with van der Waals surface area (Å²) in [6.45, 7) is 1.61. The first-order valence-electron chi connectivity index (χ1n) is 15.2. The molecule has 0 spiro atoms. The number of nitriles is 1. The molecule has 1 aliphatic heterocycles. The Morgan fingerprint density at radius 1 is 1.00 bits per heavy atom. The number of pyridine rings is 1. The van der Waals surface area contributed by atoms with Crippen LogP contribution in [0.1, 0.15) is 36.8 Å². The number of hydrogen-bond donors (Lipinski definition) is 3. The second-order valence-electron chi connectivity index (χ2n) is 11.5. The molecule has 1 aliphatic carbocycles. The number of benzene rings is 2. The van der Waals surface area contributed by atoms with Gasteiger partial charge in [-0.1, -0.05) is 42.5 Å². The van der Waals surface area contributed by atoms with Crippen molar-refractivity contribution < 1.29 is 9.53 Å². The maximum Gasteiger partial charge on any atom is 0.322 e. The average Bonchev–Trinajstić information content (AvgIpc) is 3.05. The van der Waals surface area contributed by atoms with Crippen LogP contribution in [0.15, 0.2) is 83.9 Å². The lowest BCUT2D eigenvalue weighted by Crippen LogP contribution is -2.48. The second kappa shape index (κ2) is 13.6. The molecule has 1 saturated carbocycles. The minimum atomic E-state index is -0.150. The molecule has 1 saturated heterocycles. The van der Waals surface area contributed by atoms with Gasteiger partial charge in [0.25, 0.3) is 5.56 Å². The average molecular weight is 605 g/mol. The maximum absolute atomic E-state index is 13.7. The molecule has 0 bridgehead atoms. The van der Waals surface area contributed by atoms with Gasteiger partial charge >= 0.3 is 6.03 Å². The minimum absolute atomic E-state index is 0.00794. The molecule has 0 atom stereocenters. The van der Waals surface area contributed by atoms with Crippen LogP contribution in [0, 0.1) is 11.3 Å². The van der Waals surface area contributed by atoms with Crippen molar-refractivity contribution >= 4 is 23.5 Å². The van der Waals surface area contributed by atoms with Crippen LogP contribution in [0.25, 0.3) is 11.1 Å². The standard InChI is InChI=1S/C34H36N8O3/c1-41-16-15-25(17-31(41)43)24-7-11-29(12-8-24)42(34(44)37-19-23-5-3-2-4-6-23)30-13-9-27(10-14-30)39-33-36-20-26(18-35)32(40-33)38-28-21-45-22-28/h2-8,11-12,15-17,20,27-28,30H,9-10,13-14,19,21-22H2,1H3,(H,37,44)(H2,36,38,39,40). The Bertz CT molecular complexity index is 1720. The fourth-order valence-electron chi connectivity index (χ4n) is 5.71. The van der Waals surface area contributed by atoms with E-state index in [1.165, 1.54) is 4.57 Å². The zero-order valence-electron chi connectivity index (χ0n) is 25.1. The van der Waals surface area contributed by atoms with E-state index in [-0.39, 0.29) is 29.7 Å². The predicted molar refractivity (Wildman–Crippen MR) is 173 cm³/mol. The quantitative estimate of drug-likeness (QED) is 0.251. The maximum atomic E-state index is 13.7. The third-order valence-electron chi connectivity index (χ3n) is 8.37. The summed E-state index contributed by atoms with van der Waals surface area (Å²) in [4.78, 5) is 36.7. The van der Waals surface area contributed by atoms with Gasteiger partial charge in [0, 0.05) is 43.6 Å². The lowest BCUT2D eigenvalue weighted by Gasteiger charge is -2.37. The summed E-state index contributed by atoms with van der Waals surface area (Å²) < 4.78 is 6.77. The molecule has 6 rings (SSSR count). The number of urea groups is 1. The monoisotopic (exact) mass is 604 g/mol. The van der Waals surface area contributed by atoms with Gasteiger partial charge in [-0.05, 0) is 60.6 Å². The van der Waals surface area contributed by atoms with E-state index in [2.05, 4.69) is 32.0 Å². The Balaban J connectivity index is 1.16. The second-order valence-corrected chi connectivity index (χ2v) is 11.5. The van der Waals surface area contributed by atoms with Crippen molar-refractivity contribution in [2.45, 2.75) is 50.4 Å². The van der Waals surface area contributed by atoms with Gasteiger partial charge in [-0.25, -0.2) is 9.78 Å². The summed E-state index contributed by atoms with van der Waals surface area (Å²) in [5.41, 5.74) is 3.90. The van der Waals surface area contributed by atoms with Gasteiger partial charge in [0.15, 0.2) is 0 Å². The lowest BCUT2D eigenvalue weighted by molar-refractivity contribution is 0.0209. The van der Waals surface area contributed by atoms with Crippen LogP contribution in [-0.2, 0) is 18.3 Å². The third-order valence-corrected chi connectivity index (χ3v) is 8.37. The molecule has 11 nitrogen and oxygen atoms in total. The number of carbonyl (C=O) groups excluding carboxylic acids is 1. The van der Waals surface area contributed by atoms with E-state index in [1.807, 2.05) is 65.6 Å². The Kier molecular flexibility index (Phi) is 9.03. The SMILES string of the molecule is Cn1ccc(-c2ccc(N(C(=O)NCc3ccccc3)C3CCC(Nc4ncc(C#N)c(NC5COC5)n4)CC3)cc2)cc1=O. The Morgan fingerprint density at radius 3 is 2.42 bits per heavy atom. The van der Waals surface area contributed by atoms with Gasteiger partial charge in [0.05, 0.1) is 25.5 Å². The fourth-order valence-corrected chi connectivity index (χ4v) is 5.71. The zero-order valence-corrected chi connectivity index (χ0v) is 25.1. The number of anilines is 3. The Labute approximate surface area is 261 Å². The number of nitrogens with zero attached hydrogens (tertiary/aromatic N) is 5. The number of ether oxygens (including phenoxy) is 1. The third kappa shape index (κ3) is 7.13. The Morgan fingerprint density at radius 2 is 1.76 bits per heavy atom. The molecule has 45 heavy (non-hydrogen) atoms. The highest BCUT2D eigenvalue weighted by Crippen LogP contribution is 2.31. The molecule has 2 aliphatic rings. The molecule has 11 heteroatoms. The highest BCUT2D eigenvalue weighted by atomic mass is 16.5. The van der Waals surface area contributed by atoms with Crippen LogP contribution in [0.3, 0.4) is 0 Å². The lowest BCUT2D eigenvalue weighted by atomic mass is 9.90. The molecule has 2 fully saturated rings. The number of hydrogen-bond acceptors (Lipinski definition) is 8. The van der Waals surface area contributed by atoms with E-state index >= 15 is 0 Å². The van der Waals surface area contributed by atoms with Crippen molar-refractivity contribution in [3.63, 3.8) is 0 Å². The van der Waals surface area contributed by atoms with Crippen LogP contribution >= 0.6 is 0 Å². The van der Waals surface area contributed by atoms with Crippen LogP contribution in [0.4, 0.5) is 22.2 Å². The number of aryl methyl sites for hydroxylation is 1. The Hall–Kier alpha value is -5.21. The molecule has 0 unspecified atom stereocenters.